The second-order valence-corrected chi connectivity index (χ2v) is 17.4. The molecule has 0 aromatic heterocycles. The predicted octanol–water partition coefficient (Wildman–Crippen LogP) is 12.6. The third-order valence-corrected chi connectivity index (χ3v) is 11.5. The van der Waals surface area contributed by atoms with Crippen LogP contribution in [0.2, 0.25) is 0 Å². The minimum atomic E-state index is -0.550. The Bertz CT molecular complexity index is 1050. The summed E-state index contributed by atoms with van der Waals surface area (Å²) >= 11 is 0. The Balaban J connectivity index is 2.55. The van der Waals surface area contributed by atoms with Crippen LogP contribution in [0.1, 0.15) is 207 Å². The number of unbranched alkanes of at least 4 members (excludes halogenated alkanes) is 18. The number of allylic oxidation sites excluding steroid dienone is 4. The largest absolute Gasteiger partial charge is 0.465 e. The average molecular weight is 834 g/mol. The first kappa shape index (κ1) is 54.8. The van der Waals surface area contributed by atoms with E-state index in [0.29, 0.717) is 26.1 Å². The molecule has 9 nitrogen and oxygen atoms in total. The Morgan fingerprint density at radius 2 is 1.00 bits per heavy atom. The van der Waals surface area contributed by atoms with Gasteiger partial charge in [-0.1, -0.05) is 141 Å². The molecule has 1 heterocycles. The van der Waals surface area contributed by atoms with Crippen molar-refractivity contribution in [1.82, 2.24) is 4.90 Å². The van der Waals surface area contributed by atoms with Gasteiger partial charge in [-0.2, -0.15) is 0 Å². The Morgan fingerprint density at radius 1 is 0.559 bits per heavy atom. The highest BCUT2D eigenvalue weighted by atomic mass is 16.7. The molecule has 0 aromatic carbocycles. The van der Waals surface area contributed by atoms with Crippen LogP contribution in [0.15, 0.2) is 24.3 Å². The fraction of sp³-hybridized carbons (Fsp3) is 0.860. The van der Waals surface area contributed by atoms with Crippen molar-refractivity contribution in [3.05, 3.63) is 24.3 Å². The molecule has 59 heavy (non-hydrogen) atoms. The number of ether oxygens (including phenoxy) is 5. The van der Waals surface area contributed by atoms with Gasteiger partial charge in [0.05, 0.1) is 17.8 Å². The number of hydrogen-bond acceptors (Lipinski definition) is 9. The lowest BCUT2D eigenvalue weighted by atomic mass is 9.80. The molecule has 1 fully saturated rings. The zero-order chi connectivity index (χ0) is 43.1. The van der Waals surface area contributed by atoms with Crippen LogP contribution in [0.25, 0.3) is 0 Å². The van der Waals surface area contributed by atoms with Crippen LogP contribution in [-0.4, -0.2) is 82.3 Å². The summed E-state index contributed by atoms with van der Waals surface area (Å²) < 4.78 is 29.4. The maximum absolute atomic E-state index is 13.2. The first-order valence-corrected chi connectivity index (χ1v) is 24.4. The summed E-state index contributed by atoms with van der Waals surface area (Å²) in [5.74, 6) is -1.33. The number of likely N-dealkylation sites (tertiary alicyclic amines) is 1. The molecule has 0 saturated carbocycles. The molecular formula is C50H91NO8. The Morgan fingerprint density at radius 3 is 1.56 bits per heavy atom. The smallest absolute Gasteiger partial charge is 0.311 e. The summed E-state index contributed by atoms with van der Waals surface area (Å²) in [4.78, 5) is 41.2. The van der Waals surface area contributed by atoms with Gasteiger partial charge in [-0.3, -0.25) is 14.4 Å². The number of carbonyl (C=O) groups is 3. The third-order valence-electron chi connectivity index (χ3n) is 11.5. The van der Waals surface area contributed by atoms with E-state index in [1.54, 1.807) is 0 Å². The van der Waals surface area contributed by atoms with Gasteiger partial charge in [0.1, 0.15) is 19.8 Å². The van der Waals surface area contributed by atoms with Gasteiger partial charge in [0.25, 0.3) is 0 Å². The van der Waals surface area contributed by atoms with Crippen LogP contribution in [0.4, 0.5) is 0 Å². The molecule has 1 aliphatic heterocycles. The van der Waals surface area contributed by atoms with Crippen molar-refractivity contribution in [3.63, 3.8) is 0 Å². The quantitative estimate of drug-likeness (QED) is 0.0196. The zero-order valence-corrected chi connectivity index (χ0v) is 38.9. The van der Waals surface area contributed by atoms with E-state index >= 15 is 0 Å². The number of rotatable bonds is 40. The van der Waals surface area contributed by atoms with E-state index in [1.165, 1.54) is 77.0 Å². The first-order chi connectivity index (χ1) is 28.7. The van der Waals surface area contributed by atoms with Crippen LogP contribution in [-0.2, 0) is 38.1 Å². The molecule has 1 atom stereocenters. The third kappa shape index (κ3) is 32.2. The van der Waals surface area contributed by atoms with E-state index in [2.05, 4.69) is 57.0 Å². The maximum Gasteiger partial charge on any atom is 0.311 e. The molecule has 344 valence electrons. The highest BCUT2D eigenvalue weighted by molar-refractivity contribution is 5.76. The van der Waals surface area contributed by atoms with Crippen LogP contribution in [0.3, 0.4) is 0 Å². The van der Waals surface area contributed by atoms with Crippen molar-refractivity contribution in [3.8, 4) is 0 Å². The van der Waals surface area contributed by atoms with Gasteiger partial charge in [0.15, 0.2) is 6.29 Å². The van der Waals surface area contributed by atoms with Crippen LogP contribution in [0.5, 0.6) is 0 Å². The molecule has 0 aromatic rings. The number of hydrogen-bond donors (Lipinski definition) is 0. The Hall–Kier alpha value is -2.23. The standard InChI is InChI=1S/C50H91NO8/c1-6-9-12-15-18-19-20-21-22-23-24-25-26-27-30-33-46(52)57-42-45(44-59-49(54)50(4)36-38-51(5)39-37-50)43-58-47(53)34-35-48(55-40-31-28-16-13-10-7-2)56-41-32-29-17-14-11-8-3/h18-19,21-22,45,48H,6-17,20,23-44H2,1-5H3/b19-18-,22-21-. The van der Waals surface area contributed by atoms with E-state index < -0.39 is 17.6 Å². The van der Waals surface area contributed by atoms with Crippen LogP contribution >= 0.6 is 0 Å². The normalized spacial score (nSPS) is 15.0. The van der Waals surface area contributed by atoms with Gasteiger partial charge in [0.2, 0.25) is 0 Å². The highest BCUT2D eigenvalue weighted by Crippen LogP contribution is 2.32. The van der Waals surface area contributed by atoms with Crippen LogP contribution < -0.4 is 0 Å². The maximum atomic E-state index is 13.2. The van der Waals surface area contributed by atoms with Gasteiger partial charge >= 0.3 is 17.9 Å². The molecule has 0 spiro atoms. The van der Waals surface area contributed by atoms with E-state index in [0.717, 1.165) is 96.6 Å². The summed E-state index contributed by atoms with van der Waals surface area (Å²) in [7, 11) is 2.06. The van der Waals surface area contributed by atoms with Crippen molar-refractivity contribution in [2.24, 2.45) is 11.3 Å². The van der Waals surface area contributed by atoms with Gasteiger partial charge in [-0.15, -0.1) is 0 Å². The molecule has 1 unspecified atom stereocenters. The predicted molar refractivity (Wildman–Crippen MR) is 242 cm³/mol. The van der Waals surface area contributed by atoms with Crippen molar-refractivity contribution in [2.75, 3.05) is 53.2 Å². The molecule has 1 saturated heterocycles. The van der Waals surface area contributed by atoms with E-state index in [9.17, 15) is 14.4 Å². The second-order valence-electron chi connectivity index (χ2n) is 17.4. The Labute approximate surface area is 362 Å². The minimum Gasteiger partial charge on any atom is -0.465 e. The van der Waals surface area contributed by atoms with E-state index in [4.69, 9.17) is 23.7 Å². The van der Waals surface area contributed by atoms with Crippen molar-refractivity contribution < 1.29 is 38.1 Å². The zero-order valence-electron chi connectivity index (χ0n) is 38.9. The first-order valence-electron chi connectivity index (χ1n) is 24.4. The molecule has 0 aliphatic carbocycles. The SMILES string of the molecule is CCCCC/C=C\C/C=C\CCCCCCCC(=O)OCC(COC(=O)CCC(OCCCCCCCC)OCCCCCCCC)COC(=O)C1(C)CCN(C)CC1. The molecule has 0 amide bonds. The lowest BCUT2D eigenvalue weighted by molar-refractivity contribution is -0.165. The van der Waals surface area contributed by atoms with Crippen LogP contribution in [0, 0.1) is 11.3 Å². The van der Waals surface area contributed by atoms with Crippen molar-refractivity contribution in [1.29, 1.82) is 0 Å². The fourth-order valence-electron chi connectivity index (χ4n) is 7.12. The molecule has 9 heteroatoms. The molecule has 0 bridgehead atoms. The van der Waals surface area contributed by atoms with Gasteiger partial charge < -0.3 is 28.6 Å². The number of carbonyl (C=O) groups excluding carboxylic acids is 3. The molecule has 1 rings (SSSR count). The number of piperidine rings is 1. The Kier molecular flexibility index (Phi) is 35.9. The van der Waals surface area contributed by atoms with E-state index in [1.807, 2.05) is 6.92 Å². The molecular weight excluding hydrogens is 743 g/mol. The van der Waals surface area contributed by atoms with E-state index in [-0.39, 0.29) is 44.1 Å². The monoisotopic (exact) mass is 834 g/mol. The summed E-state index contributed by atoms with van der Waals surface area (Å²) in [5.41, 5.74) is -0.550. The molecule has 1 aliphatic rings. The summed E-state index contributed by atoms with van der Waals surface area (Å²) in [6.07, 6.45) is 37.5. The van der Waals surface area contributed by atoms with Crippen molar-refractivity contribution in [2.45, 2.75) is 214 Å². The average Bonchev–Trinajstić information content (AvgIpc) is 3.23. The summed E-state index contributed by atoms with van der Waals surface area (Å²) in [5, 5.41) is 0. The topological polar surface area (TPSA) is 101 Å². The lowest BCUT2D eigenvalue weighted by Crippen LogP contribution is -2.42. The van der Waals surface area contributed by atoms with Gasteiger partial charge in [0, 0.05) is 26.1 Å². The lowest BCUT2D eigenvalue weighted by Gasteiger charge is -2.36. The second kappa shape index (κ2) is 38.7. The molecule has 0 N–H and O–H groups in total. The number of esters is 3. The minimum absolute atomic E-state index is 0.00440. The summed E-state index contributed by atoms with van der Waals surface area (Å²) in [6.45, 7) is 11.6. The highest BCUT2D eigenvalue weighted by Gasteiger charge is 2.38. The fourth-order valence-corrected chi connectivity index (χ4v) is 7.12. The number of nitrogens with zero attached hydrogens (tertiary/aromatic N) is 1. The molecule has 0 radical (unpaired) electrons. The van der Waals surface area contributed by atoms with Crippen molar-refractivity contribution >= 4 is 17.9 Å². The summed E-state index contributed by atoms with van der Waals surface area (Å²) in [6, 6.07) is 0. The van der Waals surface area contributed by atoms with Gasteiger partial charge in [-0.05, 0) is 91.3 Å². The van der Waals surface area contributed by atoms with Gasteiger partial charge in [-0.25, -0.2) is 0 Å².